The minimum absolute atomic E-state index is 0.347. The molecule has 1 atom stereocenters. The van der Waals surface area contributed by atoms with Crippen LogP contribution in [0, 0.1) is 0 Å². The van der Waals surface area contributed by atoms with Crippen LogP contribution in [0.15, 0.2) is 78.9 Å². The molecule has 0 aromatic heterocycles. The molecule has 26 heavy (non-hydrogen) atoms. The molecule has 3 aromatic carbocycles. The first kappa shape index (κ1) is 17.6. The summed E-state index contributed by atoms with van der Waals surface area (Å²) in [6, 6.07) is 22.6. The number of hydrogen-bond acceptors (Lipinski definition) is 4. The summed E-state index contributed by atoms with van der Waals surface area (Å²) in [6.07, 6.45) is -1.28. The van der Waals surface area contributed by atoms with Crippen molar-refractivity contribution in [2.45, 2.75) is 6.10 Å². The Morgan fingerprint density at radius 1 is 0.769 bits per heavy atom. The molecule has 0 bridgehead atoms. The van der Waals surface area contributed by atoms with Gasteiger partial charge in [-0.05, 0) is 22.8 Å². The minimum atomic E-state index is -1.28. The molecule has 0 aliphatic heterocycles. The summed E-state index contributed by atoms with van der Waals surface area (Å²) in [6.45, 7) is 0. The van der Waals surface area contributed by atoms with Gasteiger partial charge < -0.3 is 9.84 Å². The topological polar surface area (TPSA) is 63.6 Å². The first-order valence-corrected chi connectivity index (χ1v) is 8.17. The van der Waals surface area contributed by atoms with E-state index in [0.29, 0.717) is 27.8 Å². The number of benzene rings is 3. The largest absolute Gasteiger partial charge is 0.465 e. The molecule has 0 amide bonds. The Morgan fingerprint density at radius 2 is 1.27 bits per heavy atom. The summed E-state index contributed by atoms with van der Waals surface area (Å²) < 4.78 is 4.84. The van der Waals surface area contributed by atoms with E-state index in [1.807, 2.05) is 6.07 Å². The molecular weight excluding hydrogens is 328 g/mol. The molecule has 0 saturated heterocycles. The van der Waals surface area contributed by atoms with Gasteiger partial charge in [0.15, 0.2) is 5.78 Å². The number of aliphatic hydroxyl groups is 1. The Labute approximate surface area is 151 Å². The van der Waals surface area contributed by atoms with Crippen LogP contribution in [0.4, 0.5) is 0 Å². The fraction of sp³-hybridized carbons (Fsp3) is 0.0909. The molecule has 3 rings (SSSR count). The number of esters is 1. The Balaban J connectivity index is 2.08. The first-order valence-electron chi connectivity index (χ1n) is 8.17. The van der Waals surface area contributed by atoms with Crippen molar-refractivity contribution < 1.29 is 19.4 Å². The minimum Gasteiger partial charge on any atom is -0.465 e. The summed E-state index contributed by atoms with van der Waals surface area (Å²) in [4.78, 5) is 25.0. The van der Waals surface area contributed by atoms with Crippen LogP contribution in [0.1, 0.15) is 32.4 Å². The lowest BCUT2D eigenvalue weighted by Crippen LogP contribution is -2.14. The van der Waals surface area contributed by atoms with Gasteiger partial charge in [0.05, 0.1) is 12.7 Å². The van der Waals surface area contributed by atoms with Gasteiger partial charge in [0.1, 0.15) is 6.10 Å². The average Bonchev–Trinajstić information content (AvgIpc) is 2.72. The van der Waals surface area contributed by atoms with E-state index in [1.54, 1.807) is 72.8 Å². The molecule has 4 nitrogen and oxygen atoms in total. The van der Waals surface area contributed by atoms with Crippen molar-refractivity contribution in [2.24, 2.45) is 0 Å². The van der Waals surface area contributed by atoms with E-state index in [9.17, 15) is 14.7 Å². The van der Waals surface area contributed by atoms with Crippen molar-refractivity contribution in [1.29, 1.82) is 0 Å². The van der Waals surface area contributed by atoms with Gasteiger partial charge in [-0.2, -0.15) is 0 Å². The van der Waals surface area contributed by atoms with Crippen LogP contribution in [0.5, 0.6) is 0 Å². The van der Waals surface area contributed by atoms with Crippen molar-refractivity contribution in [2.75, 3.05) is 7.11 Å². The summed E-state index contributed by atoms with van der Waals surface area (Å²) >= 11 is 0. The molecule has 0 fully saturated rings. The molecule has 0 spiro atoms. The number of hydrogen-bond donors (Lipinski definition) is 1. The van der Waals surface area contributed by atoms with Crippen LogP contribution in [0.2, 0.25) is 0 Å². The fourth-order valence-electron chi connectivity index (χ4n) is 2.87. The van der Waals surface area contributed by atoms with E-state index in [4.69, 9.17) is 4.74 Å². The zero-order chi connectivity index (χ0) is 18.5. The van der Waals surface area contributed by atoms with Crippen LogP contribution < -0.4 is 0 Å². The van der Waals surface area contributed by atoms with E-state index in [0.717, 1.165) is 0 Å². The number of ketones is 1. The molecule has 130 valence electrons. The smallest absolute Gasteiger partial charge is 0.338 e. The normalized spacial score (nSPS) is 11.6. The van der Waals surface area contributed by atoms with E-state index in [-0.39, 0.29) is 0 Å². The van der Waals surface area contributed by atoms with Crippen molar-refractivity contribution in [3.05, 3.63) is 95.6 Å². The predicted octanol–water partition coefficient (Wildman–Crippen LogP) is 4.06. The molecule has 0 heterocycles. The van der Waals surface area contributed by atoms with Crippen molar-refractivity contribution in [3.63, 3.8) is 0 Å². The lowest BCUT2D eigenvalue weighted by atomic mass is 9.90. The highest BCUT2D eigenvalue weighted by Crippen LogP contribution is 2.30. The number of aliphatic hydroxyl groups excluding tert-OH is 1. The quantitative estimate of drug-likeness (QED) is 0.559. The first-order chi connectivity index (χ1) is 12.6. The zero-order valence-electron chi connectivity index (χ0n) is 14.3. The highest BCUT2D eigenvalue weighted by atomic mass is 16.5. The third-order valence-electron chi connectivity index (χ3n) is 4.18. The summed E-state index contributed by atoms with van der Waals surface area (Å²) in [5.41, 5.74) is 2.40. The molecular formula is C22H18O4. The molecule has 4 heteroatoms. The highest BCUT2D eigenvalue weighted by Gasteiger charge is 2.23. The van der Waals surface area contributed by atoms with Crippen molar-refractivity contribution >= 4 is 11.8 Å². The van der Waals surface area contributed by atoms with Gasteiger partial charge in [0, 0.05) is 5.56 Å². The molecule has 1 N–H and O–H groups in total. The highest BCUT2D eigenvalue weighted by molar-refractivity contribution is 6.07. The molecule has 0 saturated carbocycles. The van der Waals surface area contributed by atoms with Crippen LogP contribution in [-0.4, -0.2) is 24.0 Å². The standard InChI is InChI=1S/C22H18O4/c1-26-22(25)19-14-8-6-12-17(19)16-11-5-7-13-18(16)21(24)20(23)15-9-3-2-4-10-15/h2-14,20,23H,1H3. The van der Waals surface area contributed by atoms with Crippen LogP contribution in [0.3, 0.4) is 0 Å². The number of carbonyl (C=O) groups excluding carboxylic acids is 2. The number of ether oxygens (including phenoxy) is 1. The van der Waals surface area contributed by atoms with E-state index in [2.05, 4.69) is 0 Å². The molecule has 1 unspecified atom stereocenters. The van der Waals surface area contributed by atoms with E-state index in [1.165, 1.54) is 7.11 Å². The fourth-order valence-corrected chi connectivity index (χ4v) is 2.87. The third kappa shape index (κ3) is 3.41. The van der Waals surface area contributed by atoms with Crippen molar-refractivity contribution in [1.82, 2.24) is 0 Å². The van der Waals surface area contributed by atoms with Gasteiger partial charge in [0.2, 0.25) is 0 Å². The number of methoxy groups -OCH3 is 1. The molecule has 0 radical (unpaired) electrons. The van der Waals surface area contributed by atoms with E-state index >= 15 is 0 Å². The summed E-state index contributed by atoms with van der Waals surface area (Å²) in [5.74, 6) is -0.905. The molecule has 3 aromatic rings. The average molecular weight is 346 g/mol. The van der Waals surface area contributed by atoms with E-state index < -0.39 is 17.9 Å². The van der Waals surface area contributed by atoms with Crippen molar-refractivity contribution in [3.8, 4) is 11.1 Å². The molecule has 0 aliphatic rings. The summed E-state index contributed by atoms with van der Waals surface area (Å²) in [5, 5.41) is 10.5. The second kappa shape index (κ2) is 7.76. The monoisotopic (exact) mass is 346 g/mol. The van der Waals surface area contributed by atoms with Gasteiger partial charge in [-0.15, -0.1) is 0 Å². The van der Waals surface area contributed by atoms with Gasteiger partial charge in [-0.25, -0.2) is 4.79 Å². The maximum absolute atomic E-state index is 12.9. The molecule has 0 aliphatic carbocycles. The summed E-state index contributed by atoms with van der Waals surface area (Å²) in [7, 11) is 1.31. The third-order valence-corrected chi connectivity index (χ3v) is 4.18. The Hall–Kier alpha value is -3.24. The van der Waals surface area contributed by atoms with Crippen LogP contribution >= 0.6 is 0 Å². The van der Waals surface area contributed by atoms with Crippen LogP contribution in [-0.2, 0) is 4.74 Å². The zero-order valence-corrected chi connectivity index (χ0v) is 14.3. The number of carbonyl (C=O) groups is 2. The Morgan fingerprint density at radius 3 is 1.88 bits per heavy atom. The maximum atomic E-state index is 12.9. The second-order valence-electron chi connectivity index (χ2n) is 5.76. The van der Waals surface area contributed by atoms with Gasteiger partial charge in [0.25, 0.3) is 0 Å². The SMILES string of the molecule is COC(=O)c1ccccc1-c1ccccc1C(=O)C(O)c1ccccc1. The van der Waals surface area contributed by atoms with Gasteiger partial charge in [-0.3, -0.25) is 4.79 Å². The van der Waals surface area contributed by atoms with Crippen LogP contribution in [0.25, 0.3) is 11.1 Å². The predicted molar refractivity (Wildman–Crippen MR) is 98.9 cm³/mol. The number of rotatable bonds is 5. The second-order valence-corrected chi connectivity index (χ2v) is 5.76. The maximum Gasteiger partial charge on any atom is 0.338 e. The Kier molecular flexibility index (Phi) is 5.25. The lowest BCUT2D eigenvalue weighted by Gasteiger charge is -2.15. The number of Topliss-reactive ketones (excluding diaryl/α,β-unsaturated/α-hetero) is 1. The van der Waals surface area contributed by atoms with Gasteiger partial charge >= 0.3 is 5.97 Å². The lowest BCUT2D eigenvalue weighted by molar-refractivity contribution is 0.0601. The van der Waals surface area contributed by atoms with Gasteiger partial charge in [-0.1, -0.05) is 72.8 Å². The Bertz CT molecular complexity index is 932.